The minimum atomic E-state index is -0.793. The van der Waals surface area contributed by atoms with Gasteiger partial charge in [-0.05, 0) is 24.5 Å². The van der Waals surface area contributed by atoms with E-state index in [1.807, 2.05) is 6.07 Å². The third-order valence-electron chi connectivity index (χ3n) is 2.82. The number of nitrogens with zero attached hydrogens (tertiary/aromatic N) is 1. The zero-order valence-electron chi connectivity index (χ0n) is 9.01. The monoisotopic (exact) mass is 222 g/mol. The van der Waals surface area contributed by atoms with Crippen molar-refractivity contribution in [2.75, 3.05) is 7.11 Å². The lowest BCUT2D eigenvalue weighted by Crippen LogP contribution is -2.31. The molecule has 0 spiro atoms. The summed E-state index contributed by atoms with van der Waals surface area (Å²) in [6, 6.07) is 1.49. The summed E-state index contributed by atoms with van der Waals surface area (Å²) >= 11 is 0. The van der Waals surface area contributed by atoms with Gasteiger partial charge in [0.1, 0.15) is 11.8 Å². The number of ether oxygens (including phenoxy) is 1. The van der Waals surface area contributed by atoms with Gasteiger partial charge in [0.25, 0.3) is 0 Å². The van der Waals surface area contributed by atoms with Crippen LogP contribution in [-0.2, 0) is 4.79 Å². The van der Waals surface area contributed by atoms with E-state index in [0.717, 1.165) is 12.0 Å². The molecule has 1 saturated heterocycles. The minimum Gasteiger partial charge on any atom is -0.495 e. The Kier molecular flexibility index (Phi) is 3.05. The number of methoxy groups -OCH3 is 1. The Morgan fingerprint density at radius 3 is 3.00 bits per heavy atom. The molecule has 86 valence electrons. The van der Waals surface area contributed by atoms with Crippen LogP contribution in [0.25, 0.3) is 0 Å². The fourth-order valence-corrected chi connectivity index (χ4v) is 1.94. The molecule has 0 saturated carbocycles. The van der Waals surface area contributed by atoms with Crippen LogP contribution in [0.4, 0.5) is 0 Å². The summed E-state index contributed by atoms with van der Waals surface area (Å²) in [6.07, 6.45) is 4.83. The number of aromatic nitrogens is 1. The molecule has 1 aliphatic heterocycles. The highest BCUT2D eigenvalue weighted by Gasteiger charge is 2.29. The quantitative estimate of drug-likeness (QED) is 0.797. The van der Waals surface area contributed by atoms with Gasteiger partial charge < -0.3 is 9.84 Å². The summed E-state index contributed by atoms with van der Waals surface area (Å²) in [5.74, 6) is -0.101. The summed E-state index contributed by atoms with van der Waals surface area (Å²) in [6.45, 7) is 0. The van der Waals surface area contributed by atoms with Crippen LogP contribution in [0.2, 0.25) is 0 Å². The first kappa shape index (κ1) is 10.9. The van der Waals surface area contributed by atoms with Crippen LogP contribution in [0.15, 0.2) is 18.5 Å². The second-order valence-corrected chi connectivity index (χ2v) is 3.85. The number of carbonyl (C=O) groups is 1. The van der Waals surface area contributed by atoms with Crippen LogP contribution < -0.4 is 10.1 Å². The topological polar surface area (TPSA) is 71.5 Å². The smallest absolute Gasteiger partial charge is 0.320 e. The number of hydrogen-bond donors (Lipinski definition) is 2. The van der Waals surface area contributed by atoms with Crippen molar-refractivity contribution >= 4 is 5.97 Å². The van der Waals surface area contributed by atoms with E-state index in [0.29, 0.717) is 12.2 Å². The number of pyridine rings is 1. The molecule has 0 aliphatic carbocycles. The van der Waals surface area contributed by atoms with Gasteiger partial charge in [0.2, 0.25) is 0 Å². The van der Waals surface area contributed by atoms with Crippen molar-refractivity contribution in [1.82, 2.24) is 10.3 Å². The fourth-order valence-electron chi connectivity index (χ4n) is 1.94. The van der Waals surface area contributed by atoms with Crippen LogP contribution in [-0.4, -0.2) is 29.2 Å². The highest BCUT2D eigenvalue weighted by molar-refractivity contribution is 5.73. The second-order valence-electron chi connectivity index (χ2n) is 3.85. The predicted octanol–water partition coefficient (Wildman–Crippen LogP) is 0.968. The maximum atomic E-state index is 10.8. The van der Waals surface area contributed by atoms with Gasteiger partial charge in [0.05, 0.1) is 13.3 Å². The zero-order chi connectivity index (χ0) is 11.5. The Morgan fingerprint density at radius 2 is 2.38 bits per heavy atom. The van der Waals surface area contributed by atoms with Gasteiger partial charge in [-0.2, -0.15) is 0 Å². The van der Waals surface area contributed by atoms with Gasteiger partial charge in [-0.1, -0.05) is 0 Å². The van der Waals surface area contributed by atoms with Crippen LogP contribution in [0.1, 0.15) is 24.4 Å². The van der Waals surface area contributed by atoms with Gasteiger partial charge in [-0.15, -0.1) is 0 Å². The summed E-state index contributed by atoms with van der Waals surface area (Å²) in [5, 5.41) is 11.9. The van der Waals surface area contributed by atoms with E-state index in [1.165, 1.54) is 0 Å². The third-order valence-corrected chi connectivity index (χ3v) is 2.82. The molecule has 2 N–H and O–H groups in total. The zero-order valence-corrected chi connectivity index (χ0v) is 9.01. The summed E-state index contributed by atoms with van der Waals surface area (Å²) in [7, 11) is 1.59. The van der Waals surface area contributed by atoms with Crippen molar-refractivity contribution in [2.24, 2.45) is 0 Å². The molecular weight excluding hydrogens is 208 g/mol. The molecule has 16 heavy (non-hydrogen) atoms. The van der Waals surface area contributed by atoms with E-state index < -0.39 is 12.0 Å². The number of nitrogens with one attached hydrogen (secondary N) is 1. The van der Waals surface area contributed by atoms with Crippen molar-refractivity contribution in [3.8, 4) is 5.75 Å². The molecule has 1 fully saturated rings. The highest BCUT2D eigenvalue weighted by atomic mass is 16.5. The summed E-state index contributed by atoms with van der Waals surface area (Å²) < 4.78 is 5.08. The lowest BCUT2D eigenvalue weighted by atomic mass is 10.1. The van der Waals surface area contributed by atoms with E-state index in [1.54, 1.807) is 19.5 Å². The largest absolute Gasteiger partial charge is 0.495 e. The number of aliphatic carboxylic acids is 1. The minimum absolute atomic E-state index is 0.0590. The molecule has 1 aliphatic rings. The van der Waals surface area contributed by atoms with Crippen LogP contribution >= 0.6 is 0 Å². The Balaban J connectivity index is 2.11. The molecule has 0 bridgehead atoms. The molecule has 0 aromatic carbocycles. The molecule has 5 nitrogen and oxygen atoms in total. The average Bonchev–Trinajstić information content (AvgIpc) is 2.78. The first-order chi connectivity index (χ1) is 7.70. The molecule has 2 unspecified atom stereocenters. The average molecular weight is 222 g/mol. The van der Waals surface area contributed by atoms with Crippen molar-refractivity contribution in [3.05, 3.63) is 24.0 Å². The Morgan fingerprint density at radius 1 is 1.56 bits per heavy atom. The third kappa shape index (κ3) is 2.14. The standard InChI is InChI=1S/C11H14N2O3/c1-16-8-4-7(5-12-6-8)9-2-3-10(13-9)11(14)15/h4-6,9-10,13H,2-3H2,1H3,(H,14,15). The van der Waals surface area contributed by atoms with E-state index >= 15 is 0 Å². The molecule has 0 amide bonds. The van der Waals surface area contributed by atoms with Crippen molar-refractivity contribution in [1.29, 1.82) is 0 Å². The molecule has 1 aromatic heterocycles. The van der Waals surface area contributed by atoms with E-state index in [4.69, 9.17) is 9.84 Å². The predicted molar refractivity (Wildman–Crippen MR) is 57.3 cm³/mol. The number of hydrogen-bond acceptors (Lipinski definition) is 4. The second kappa shape index (κ2) is 4.49. The summed E-state index contributed by atoms with van der Waals surface area (Å²) in [5.41, 5.74) is 0.975. The van der Waals surface area contributed by atoms with Gasteiger partial charge in [-0.25, -0.2) is 0 Å². The normalized spacial score (nSPS) is 24.3. The SMILES string of the molecule is COc1cncc(C2CCC(C(=O)O)N2)c1. The lowest BCUT2D eigenvalue weighted by molar-refractivity contribution is -0.139. The van der Waals surface area contributed by atoms with Gasteiger partial charge >= 0.3 is 5.97 Å². The Hall–Kier alpha value is -1.62. The first-order valence-corrected chi connectivity index (χ1v) is 5.18. The molecule has 2 rings (SSSR count). The summed E-state index contributed by atoms with van der Waals surface area (Å²) in [4.78, 5) is 14.9. The molecule has 2 atom stereocenters. The van der Waals surface area contributed by atoms with Crippen molar-refractivity contribution in [3.63, 3.8) is 0 Å². The fraction of sp³-hybridized carbons (Fsp3) is 0.455. The highest BCUT2D eigenvalue weighted by Crippen LogP contribution is 2.27. The lowest BCUT2D eigenvalue weighted by Gasteiger charge is -2.12. The number of carboxylic acids is 1. The van der Waals surface area contributed by atoms with E-state index in [2.05, 4.69) is 10.3 Å². The van der Waals surface area contributed by atoms with E-state index in [-0.39, 0.29) is 6.04 Å². The molecule has 5 heteroatoms. The number of carboxylic acid groups (broad SMARTS) is 1. The maximum absolute atomic E-state index is 10.8. The first-order valence-electron chi connectivity index (χ1n) is 5.18. The van der Waals surface area contributed by atoms with Crippen molar-refractivity contribution < 1.29 is 14.6 Å². The van der Waals surface area contributed by atoms with E-state index in [9.17, 15) is 4.79 Å². The van der Waals surface area contributed by atoms with Crippen molar-refractivity contribution in [2.45, 2.75) is 24.9 Å². The van der Waals surface area contributed by atoms with Gasteiger partial charge in [0.15, 0.2) is 0 Å². The maximum Gasteiger partial charge on any atom is 0.320 e. The molecule has 2 heterocycles. The molecular formula is C11H14N2O3. The Labute approximate surface area is 93.5 Å². The van der Waals surface area contributed by atoms with Crippen LogP contribution in [0.5, 0.6) is 5.75 Å². The van der Waals surface area contributed by atoms with Crippen LogP contribution in [0.3, 0.4) is 0 Å². The molecule has 0 radical (unpaired) electrons. The Bertz CT molecular complexity index is 395. The van der Waals surface area contributed by atoms with Gasteiger partial charge in [0, 0.05) is 12.2 Å². The molecule has 1 aromatic rings. The van der Waals surface area contributed by atoms with Crippen LogP contribution in [0, 0.1) is 0 Å². The number of rotatable bonds is 3. The van der Waals surface area contributed by atoms with Gasteiger partial charge in [-0.3, -0.25) is 15.1 Å².